The standard InChI is InChI=1S/C17H16ClNO3/c1-11(12-3-6-14(18)7-4-12)19(2)17(20)13-5-8-15-16(9-13)22-10-21-15/h3-9,11H,10H2,1-2H3. The number of carbonyl (C=O) groups excluding carboxylic acids is 1. The van der Waals surface area contributed by atoms with Crippen LogP contribution in [0, 0.1) is 0 Å². The first kappa shape index (κ1) is 14.7. The van der Waals surface area contributed by atoms with E-state index in [1.54, 1.807) is 30.1 Å². The minimum absolute atomic E-state index is 0.0600. The van der Waals surface area contributed by atoms with Gasteiger partial charge in [0.2, 0.25) is 6.79 Å². The first-order valence-corrected chi connectivity index (χ1v) is 7.36. The second-order valence-electron chi connectivity index (χ2n) is 5.21. The highest BCUT2D eigenvalue weighted by Crippen LogP contribution is 2.33. The van der Waals surface area contributed by atoms with Gasteiger partial charge in [-0.25, -0.2) is 0 Å². The molecule has 0 aliphatic carbocycles. The van der Waals surface area contributed by atoms with E-state index in [1.807, 2.05) is 31.2 Å². The summed E-state index contributed by atoms with van der Waals surface area (Å²) in [6.07, 6.45) is 0. The number of rotatable bonds is 3. The van der Waals surface area contributed by atoms with Crippen LogP contribution >= 0.6 is 11.6 Å². The second-order valence-corrected chi connectivity index (χ2v) is 5.65. The molecule has 0 fully saturated rings. The summed E-state index contributed by atoms with van der Waals surface area (Å²) >= 11 is 5.90. The van der Waals surface area contributed by atoms with Gasteiger partial charge in [0.05, 0.1) is 6.04 Å². The zero-order valence-electron chi connectivity index (χ0n) is 12.4. The fourth-order valence-corrected chi connectivity index (χ4v) is 2.50. The van der Waals surface area contributed by atoms with Crippen LogP contribution in [0.5, 0.6) is 11.5 Å². The van der Waals surface area contributed by atoms with Crippen molar-refractivity contribution in [2.24, 2.45) is 0 Å². The average Bonchev–Trinajstić information content (AvgIpc) is 3.01. The van der Waals surface area contributed by atoms with Crippen molar-refractivity contribution in [3.05, 3.63) is 58.6 Å². The number of nitrogens with zero attached hydrogens (tertiary/aromatic N) is 1. The quantitative estimate of drug-likeness (QED) is 0.861. The molecule has 0 N–H and O–H groups in total. The van der Waals surface area contributed by atoms with Gasteiger partial charge in [-0.1, -0.05) is 23.7 Å². The van der Waals surface area contributed by atoms with Crippen molar-refractivity contribution in [1.29, 1.82) is 0 Å². The van der Waals surface area contributed by atoms with E-state index in [1.165, 1.54) is 0 Å². The van der Waals surface area contributed by atoms with Gasteiger partial charge < -0.3 is 14.4 Å². The molecule has 2 aromatic rings. The van der Waals surface area contributed by atoms with Crippen molar-refractivity contribution >= 4 is 17.5 Å². The summed E-state index contributed by atoms with van der Waals surface area (Å²) in [4.78, 5) is 14.3. The van der Waals surface area contributed by atoms with Gasteiger partial charge in [-0.05, 0) is 42.8 Å². The van der Waals surface area contributed by atoms with Crippen LogP contribution in [0.4, 0.5) is 0 Å². The number of amides is 1. The molecule has 4 nitrogen and oxygen atoms in total. The van der Waals surface area contributed by atoms with Crippen molar-refractivity contribution in [1.82, 2.24) is 4.90 Å². The highest BCUT2D eigenvalue weighted by Gasteiger charge is 2.21. The lowest BCUT2D eigenvalue weighted by Crippen LogP contribution is -2.29. The maximum atomic E-state index is 12.6. The van der Waals surface area contributed by atoms with Crippen LogP contribution in [-0.2, 0) is 0 Å². The number of benzene rings is 2. The Hall–Kier alpha value is -2.20. The van der Waals surface area contributed by atoms with E-state index in [0.29, 0.717) is 22.1 Å². The van der Waals surface area contributed by atoms with Crippen molar-refractivity contribution in [3.8, 4) is 11.5 Å². The van der Waals surface area contributed by atoms with E-state index in [2.05, 4.69) is 0 Å². The Balaban J connectivity index is 1.80. The molecule has 0 radical (unpaired) electrons. The molecule has 22 heavy (non-hydrogen) atoms. The van der Waals surface area contributed by atoms with Crippen molar-refractivity contribution < 1.29 is 14.3 Å². The molecule has 0 bridgehead atoms. The number of halogens is 1. The Morgan fingerprint density at radius 1 is 1.14 bits per heavy atom. The van der Waals surface area contributed by atoms with E-state index < -0.39 is 0 Å². The summed E-state index contributed by atoms with van der Waals surface area (Å²) in [6, 6.07) is 12.7. The van der Waals surface area contributed by atoms with Gasteiger partial charge in [-0.3, -0.25) is 4.79 Å². The first-order valence-electron chi connectivity index (χ1n) is 6.98. The number of hydrogen-bond donors (Lipinski definition) is 0. The van der Waals surface area contributed by atoms with E-state index >= 15 is 0 Å². The first-order chi connectivity index (χ1) is 10.6. The van der Waals surface area contributed by atoms with E-state index in [0.717, 1.165) is 5.56 Å². The number of fused-ring (bicyclic) bond motifs is 1. The molecule has 0 saturated carbocycles. The molecule has 0 saturated heterocycles. The Morgan fingerprint density at radius 2 is 1.82 bits per heavy atom. The molecule has 114 valence electrons. The Bertz CT molecular complexity index is 700. The normalized spacial score (nSPS) is 13.8. The van der Waals surface area contributed by atoms with Crippen LogP contribution in [0.15, 0.2) is 42.5 Å². The zero-order chi connectivity index (χ0) is 15.7. The fourth-order valence-electron chi connectivity index (χ4n) is 2.37. The minimum Gasteiger partial charge on any atom is -0.454 e. The SMILES string of the molecule is CC(c1ccc(Cl)cc1)N(C)C(=O)c1ccc2c(c1)OCO2. The van der Waals surface area contributed by atoms with Crippen LogP contribution in [0.25, 0.3) is 0 Å². The highest BCUT2D eigenvalue weighted by atomic mass is 35.5. The summed E-state index contributed by atoms with van der Waals surface area (Å²) in [5.41, 5.74) is 1.61. The molecule has 0 spiro atoms. The predicted octanol–water partition coefficient (Wildman–Crippen LogP) is 3.90. The Labute approximate surface area is 134 Å². The van der Waals surface area contributed by atoms with Crippen molar-refractivity contribution in [2.45, 2.75) is 13.0 Å². The number of carbonyl (C=O) groups is 1. The summed E-state index contributed by atoms with van der Waals surface area (Å²) in [5, 5.41) is 0.681. The van der Waals surface area contributed by atoms with E-state index in [9.17, 15) is 4.79 Å². The fraction of sp³-hybridized carbons (Fsp3) is 0.235. The van der Waals surface area contributed by atoms with Crippen LogP contribution in [-0.4, -0.2) is 24.6 Å². The largest absolute Gasteiger partial charge is 0.454 e. The lowest BCUT2D eigenvalue weighted by Gasteiger charge is -2.25. The van der Waals surface area contributed by atoms with Crippen LogP contribution in [0.3, 0.4) is 0 Å². The highest BCUT2D eigenvalue weighted by molar-refractivity contribution is 6.30. The van der Waals surface area contributed by atoms with Gasteiger partial charge >= 0.3 is 0 Å². The third-order valence-electron chi connectivity index (χ3n) is 3.87. The van der Waals surface area contributed by atoms with E-state index in [-0.39, 0.29) is 18.7 Å². The molecule has 1 amide bonds. The molecule has 1 atom stereocenters. The lowest BCUT2D eigenvalue weighted by molar-refractivity contribution is 0.0742. The predicted molar refractivity (Wildman–Crippen MR) is 84.5 cm³/mol. The maximum absolute atomic E-state index is 12.6. The van der Waals surface area contributed by atoms with E-state index in [4.69, 9.17) is 21.1 Å². The summed E-state index contributed by atoms with van der Waals surface area (Å²) in [7, 11) is 1.78. The molecule has 1 heterocycles. The summed E-state index contributed by atoms with van der Waals surface area (Å²) in [5.74, 6) is 1.21. The molecule has 1 aliphatic heterocycles. The van der Waals surface area contributed by atoms with Gasteiger partial charge in [0.1, 0.15) is 0 Å². The molecule has 1 aliphatic rings. The van der Waals surface area contributed by atoms with Gasteiger partial charge in [-0.2, -0.15) is 0 Å². The smallest absolute Gasteiger partial charge is 0.254 e. The molecule has 3 rings (SSSR count). The average molecular weight is 318 g/mol. The number of ether oxygens (including phenoxy) is 2. The van der Waals surface area contributed by atoms with Crippen LogP contribution in [0.1, 0.15) is 28.9 Å². The molecule has 0 aromatic heterocycles. The minimum atomic E-state index is -0.0687. The lowest BCUT2D eigenvalue weighted by atomic mass is 10.1. The zero-order valence-corrected chi connectivity index (χ0v) is 13.1. The molecule has 5 heteroatoms. The second kappa shape index (κ2) is 5.89. The molecule has 1 unspecified atom stereocenters. The van der Waals surface area contributed by atoms with Crippen molar-refractivity contribution in [2.75, 3.05) is 13.8 Å². The van der Waals surface area contributed by atoms with Gasteiger partial charge in [-0.15, -0.1) is 0 Å². The van der Waals surface area contributed by atoms with Gasteiger partial charge in [0.25, 0.3) is 5.91 Å². The molecular weight excluding hydrogens is 302 g/mol. The maximum Gasteiger partial charge on any atom is 0.254 e. The number of hydrogen-bond acceptors (Lipinski definition) is 3. The summed E-state index contributed by atoms with van der Waals surface area (Å²) < 4.78 is 10.6. The topological polar surface area (TPSA) is 38.8 Å². The third-order valence-corrected chi connectivity index (χ3v) is 4.13. The van der Waals surface area contributed by atoms with Crippen molar-refractivity contribution in [3.63, 3.8) is 0 Å². The summed E-state index contributed by atoms with van der Waals surface area (Å²) in [6.45, 7) is 2.18. The van der Waals surface area contributed by atoms with Gasteiger partial charge in [0.15, 0.2) is 11.5 Å². The van der Waals surface area contributed by atoms with Crippen LogP contribution in [0.2, 0.25) is 5.02 Å². The molecule has 2 aromatic carbocycles. The Morgan fingerprint density at radius 3 is 2.55 bits per heavy atom. The van der Waals surface area contributed by atoms with Gasteiger partial charge in [0, 0.05) is 17.6 Å². The monoisotopic (exact) mass is 317 g/mol. The molecular formula is C17H16ClNO3. The Kier molecular flexibility index (Phi) is 3.94. The van der Waals surface area contributed by atoms with Crippen LogP contribution < -0.4 is 9.47 Å². The third kappa shape index (κ3) is 2.74.